The van der Waals surface area contributed by atoms with Crippen LogP contribution >= 0.6 is 0 Å². The molecule has 0 saturated carbocycles. The molecule has 1 N–H and O–H groups in total. The number of hydrogen-bond acceptors (Lipinski definition) is 5. The molecule has 1 aromatic heterocycles. The smallest absolute Gasteiger partial charge is 0.166 e. The Bertz CT molecular complexity index is 723. The van der Waals surface area contributed by atoms with Gasteiger partial charge < -0.3 is 5.32 Å². The van der Waals surface area contributed by atoms with Crippen LogP contribution in [0.15, 0.2) is 24.3 Å². The summed E-state index contributed by atoms with van der Waals surface area (Å²) in [6.45, 7) is 7.67. The van der Waals surface area contributed by atoms with Crippen molar-refractivity contribution in [1.29, 1.82) is 5.26 Å². The van der Waals surface area contributed by atoms with E-state index in [9.17, 15) is 5.26 Å². The summed E-state index contributed by atoms with van der Waals surface area (Å²) in [6, 6.07) is 10.8. The quantitative estimate of drug-likeness (QED) is 0.861. The van der Waals surface area contributed by atoms with Gasteiger partial charge >= 0.3 is 0 Å². The van der Waals surface area contributed by atoms with Gasteiger partial charge in [0.15, 0.2) is 5.82 Å². The predicted octanol–water partition coefficient (Wildman–Crippen LogP) is 2.78. The molecule has 2 aromatic rings. The molecule has 5 nitrogen and oxygen atoms in total. The second kappa shape index (κ2) is 6.76. The molecule has 0 atom stereocenters. The van der Waals surface area contributed by atoms with Crippen LogP contribution in [0.1, 0.15) is 34.4 Å². The molecule has 0 spiro atoms. The monoisotopic (exact) mass is 307 g/mol. The topological polar surface area (TPSA) is 64.8 Å². The highest BCUT2D eigenvalue weighted by Gasteiger charge is 2.17. The Hall–Kier alpha value is -2.45. The maximum absolute atomic E-state index is 9.29. The van der Waals surface area contributed by atoms with Gasteiger partial charge in [-0.3, -0.25) is 4.90 Å². The molecule has 0 aliphatic carbocycles. The molecular weight excluding hydrogens is 286 g/mol. The Morgan fingerprint density at radius 3 is 2.52 bits per heavy atom. The fraction of sp³-hybridized carbons (Fsp3) is 0.389. The number of rotatable bonds is 5. The van der Waals surface area contributed by atoms with Crippen molar-refractivity contribution >= 4 is 5.82 Å². The van der Waals surface area contributed by atoms with E-state index in [0.717, 1.165) is 43.9 Å². The van der Waals surface area contributed by atoms with Crippen LogP contribution in [0.3, 0.4) is 0 Å². The first-order valence-electron chi connectivity index (χ1n) is 7.96. The van der Waals surface area contributed by atoms with Gasteiger partial charge in [0.1, 0.15) is 11.6 Å². The third-order valence-corrected chi connectivity index (χ3v) is 4.42. The predicted molar refractivity (Wildman–Crippen MR) is 89.9 cm³/mol. The maximum atomic E-state index is 9.29. The number of aromatic nitrogens is 2. The van der Waals surface area contributed by atoms with Gasteiger partial charge in [-0.25, -0.2) is 0 Å². The highest BCUT2D eigenvalue weighted by Crippen LogP contribution is 2.22. The number of benzene rings is 1. The summed E-state index contributed by atoms with van der Waals surface area (Å²) in [5.41, 5.74) is 5.19. The van der Waals surface area contributed by atoms with Gasteiger partial charge in [0.25, 0.3) is 0 Å². The third-order valence-electron chi connectivity index (χ3n) is 4.42. The molecule has 2 heterocycles. The van der Waals surface area contributed by atoms with Crippen molar-refractivity contribution in [3.05, 3.63) is 52.2 Å². The lowest BCUT2D eigenvalue weighted by molar-refractivity contribution is 0.283. The highest BCUT2D eigenvalue weighted by molar-refractivity contribution is 5.55. The van der Waals surface area contributed by atoms with E-state index >= 15 is 0 Å². The van der Waals surface area contributed by atoms with Crippen molar-refractivity contribution < 1.29 is 0 Å². The Morgan fingerprint density at radius 2 is 1.87 bits per heavy atom. The van der Waals surface area contributed by atoms with Crippen LogP contribution in [0.2, 0.25) is 0 Å². The first-order valence-corrected chi connectivity index (χ1v) is 7.96. The van der Waals surface area contributed by atoms with E-state index in [1.165, 1.54) is 11.1 Å². The van der Waals surface area contributed by atoms with E-state index in [-0.39, 0.29) is 0 Å². The van der Waals surface area contributed by atoms with Gasteiger partial charge in [-0.05, 0) is 37.0 Å². The van der Waals surface area contributed by atoms with Gasteiger partial charge in [-0.2, -0.15) is 10.4 Å². The number of anilines is 1. The number of hydrogen-bond donors (Lipinski definition) is 1. The summed E-state index contributed by atoms with van der Waals surface area (Å²) >= 11 is 0. The molecule has 0 amide bonds. The van der Waals surface area contributed by atoms with Gasteiger partial charge in [0.2, 0.25) is 0 Å². The third kappa shape index (κ3) is 3.33. The first kappa shape index (κ1) is 15.4. The van der Waals surface area contributed by atoms with E-state index in [0.29, 0.717) is 11.4 Å². The zero-order chi connectivity index (χ0) is 16.2. The highest BCUT2D eigenvalue weighted by atomic mass is 15.2. The lowest BCUT2D eigenvalue weighted by Gasteiger charge is -2.15. The van der Waals surface area contributed by atoms with E-state index in [1.807, 2.05) is 13.8 Å². The molecular formula is C18H21N5. The van der Waals surface area contributed by atoms with Crippen LogP contribution in [0.5, 0.6) is 0 Å². The van der Waals surface area contributed by atoms with Gasteiger partial charge in [-0.1, -0.05) is 24.3 Å². The second-order valence-electron chi connectivity index (χ2n) is 6.01. The molecule has 3 rings (SSSR count). The molecule has 0 fully saturated rings. The van der Waals surface area contributed by atoms with Crippen LogP contribution in [-0.2, 0) is 13.1 Å². The normalized spacial score (nSPS) is 13.6. The minimum Gasteiger partial charge on any atom is -0.367 e. The summed E-state index contributed by atoms with van der Waals surface area (Å²) in [4.78, 5) is 2.45. The summed E-state index contributed by atoms with van der Waals surface area (Å²) in [7, 11) is 0. The number of nitriles is 1. The Kier molecular flexibility index (Phi) is 4.54. The minimum atomic E-state index is 0.598. The van der Waals surface area contributed by atoms with Crippen LogP contribution in [-0.4, -0.2) is 28.2 Å². The lowest BCUT2D eigenvalue weighted by atomic mass is 10.1. The summed E-state index contributed by atoms with van der Waals surface area (Å²) in [5.74, 6) is 0.598. The lowest BCUT2D eigenvalue weighted by Crippen LogP contribution is -2.20. The van der Waals surface area contributed by atoms with Crippen molar-refractivity contribution in [3.63, 3.8) is 0 Å². The second-order valence-corrected chi connectivity index (χ2v) is 6.01. The average molecular weight is 307 g/mol. The van der Waals surface area contributed by atoms with Crippen molar-refractivity contribution in [2.75, 3.05) is 18.4 Å². The molecule has 0 unspecified atom stereocenters. The van der Waals surface area contributed by atoms with Crippen molar-refractivity contribution in [1.82, 2.24) is 15.1 Å². The standard InChI is InChI=1S/C18H21N5/c1-13-14(2)21-22-18(17(13)10-19)20-8-5-9-23-11-15-6-3-4-7-16(15)12-23/h3-4,6-7H,5,8-9,11-12H2,1-2H3,(H,20,22). The Labute approximate surface area is 137 Å². The fourth-order valence-corrected chi connectivity index (χ4v) is 2.94. The van der Waals surface area contributed by atoms with E-state index in [4.69, 9.17) is 0 Å². The minimum absolute atomic E-state index is 0.598. The molecule has 0 saturated heterocycles. The molecule has 1 aliphatic heterocycles. The van der Waals surface area contributed by atoms with E-state index in [2.05, 4.69) is 50.7 Å². The van der Waals surface area contributed by atoms with Gasteiger partial charge in [0.05, 0.1) is 5.69 Å². The average Bonchev–Trinajstić information content (AvgIpc) is 2.97. The largest absolute Gasteiger partial charge is 0.367 e. The Balaban J connectivity index is 1.50. The number of nitrogens with zero attached hydrogens (tertiary/aromatic N) is 4. The SMILES string of the molecule is Cc1nnc(NCCCN2Cc3ccccc3C2)c(C#N)c1C. The summed E-state index contributed by atoms with van der Waals surface area (Å²) in [6.07, 6.45) is 1.01. The number of aryl methyl sites for hydroxylation is 1. The fourth-order valence-electron chi connectivity index (χ4n) is 2.94. The van der Waals surface area contributed by atoms with Crippen LogP contribution in [0.25, 0.3) is 0 Å². The first-order chi connectivity index (χ1) is 11.2. The summed E-state index contributed by atoms with van der Waals surface area (Å²) in [5, 5.41) is 20.8. The molecule has 23 heavy (non-hydrogen) atoms. The zero-order valence-electron chi connectivity index (χ0n) is 13.6. The zero-order valence-corrected chi connectivity index (χ0v) is 13.6. The van der Waals surface area contributed by atoms with Gasteiger partial charge in [-0.15, -0.1) is 5.10 Å². The maximum Gasteiger partial charge on any atom is 0.166 e. The van der Waals surface area contributed by atoms with Crippen LogP contribution in [0, 0.1) is 25.2 Å². The molecule has 0 bridgehead atoms. The summed E-state index contributed by atoms with van der Waals surface area (Å²) < 4.78 is 0. The van der Waals surface area contributed by atoms with Crippen molar-refractivity contribution in [3.8, 4) is 6.07 Å². The van der Waals surface area contributed by atoms with Crippen molar-refractivity contribution in [2.45, 2.75) is 33.4 Å². The van der Waals surface area contributed by atoms with E-state index < -0.39 is 0 Å². The van der Waals surface area contributed by atoms with E-state index in [1.54, 1.807) is 0 Å². The Morgan fingerprint density at radius 1 is 1.17 bits per heavy atom. The number of fused-ring (bicyclic) bond motifs is 1. The molecule has 1 aromatic carbocycles. The van der Waals surface area contributed by atoms with Crippen LogP contribution in [0.4, 0.5) is 5.82 Å². The van der Waals surface area contributed by atoms with Gasteiger partial charge in [0, 0.05) is 26.2 Å². The molecule has 1 aliphatic rings. The molecule has 118 valence electrons. The molecule has 5 heteroatoms. The number of nitrogens with one attached hydrogen (secondary N) is 1. The molecule has 0 radical (unpaired) electrons. The van der Waals surface area contributed by atoms with Crippen molar-refractivity contribution in [2.24, 2.45) is 0 Å². The van der Waals surface area contributed by atoms with Crippen LogP contribution < -0.4 is 5.32 Å².